The van der Waals surface area contributed by atoms with Crippen LogP contribution in [0.5, 0.6) is 0 Å². The van der Waals surface area contributed by atoms with Crippen molar-refractivity contribution in [2.24, 2.45) is 5.73 Å². The van der Waals surface area contributed by atoms with Crippen LogP contribution in [0.2, 0.25) is 5.02 Å². The third-order valence-corrected chi connectivity index (χ3v) is 3.94. The molecule has 1 heterocycles. The molecule has 0 aliphatic carbocycles. The Bertz CT molecular complexity index is 615. The zero-order valence-electron chi connectivity index (χ0n) is 10.3. The summed E-state index contributed by atoms with van der Waals surface area (Å²) in [6, 6.07) is 12.5. The molecular weight excluding hydrogens is 263 g/mol. The summed E-state index contributed by atoms with van der Waals surface area (Å²) in [7, 11) is 0. The molecule has 0 aromatic heterocycles. The average molecular weight is 277 g/mol. The van der Waals surface area contributed by atoms with E-state index in [0.717, 1.165) is 21.8 Å². The fourth-order valence-electron chi connectivity index (χ4n) is 2.68. The lowest BCUT2D eigenvalue weighted by molar-refractivity contribution is 0.622. The van der Waals surface area contributed by atoms with Gasteiger partial charge in [0, 0.05) is 23.8 Å². The lowest BCUT2D eigenvalue weighted by Crippen LogP contribution is -2.27. The first-order valence-electron chi connectivity index (χ1n) is 6.20. The second kappa shape index (κ2) is 4.83. The molecule has 1 aliphatic heterocycles. The van der Waals surface area contributed by atoms with Crippen molar-refractivity contribution in [3.63, 3.8) is 0 Å². The van der Waals surface area contributed by atoms with Crippen LogP contribution in [0, 0.1) is 5.82 Å². The maximum absolute atomic E-state index is 13.4. The van der Waals surface area contributed by atoms with Gasteiger partial charge in [-0.2, -0.15) is 0 Å². The maximum atomic E-state index is 13.4. The summed E-state index contributed by atoms with van der Waals surface area (Å²) in [5.74, 6) is -0.240. The molecule has 0 spiro atoms. The molecule has 2 N–H and O–H groups in total. The van der Waals surface area contributed by atoms with Gasteiger partial charge >= 0.3 is 0 Å². The molecule has 1 atom stereocenters. The van der Waals surface area contributed by atoms with Crippen molar-refractivity contribution in [2.75, 3.05) is 11.4 Å². The van der Waals surface area contributed by atoms with Gasteiger partial charge in [-0.1, -0.05) is 29.8 Å². The SMILES string of the molecule is NCC1c2cccc(Cl)c2CN1c1cccc(F)c1. The predicted octanol–water partition coefficient (Wildman–Crippen LogP) is 3.50. The largest absolute Gasteiger partial charge is 0.359 e. The molecule has 1 aliphatic rings. The number of rotatable bonds is 2. The molecule has 0 radical (unpaired) electrons. The molecule has 0 bridgehead atoms. The Balaban J connectivity index is 2.04. The topological polar surface area (TPSA) is 29.3 Å². The molecule has 0 saturated carbocycles. The zero-order chi connectivity index (χ0) is 13.4. The number of anilines is 1. The van der Waals surface area contributed by atoms with Gasteiger partial charge in [0.15, 0.2) is 0 Å². The van der Waals surface area contributed by atoms with E-state index in [1.165, 1.54) is 12.1 Å². The van der Waals surface area contributed by atoms with E-state index in [1.807, 2.05) is 24.3 Å². The van der Waals surface area contributed by atoms with Crippen LogP contribution in [-0.2, 0) is 6.54 Å². The van der Waals surface area contributed by atoms with Crippen molar-refractivity contribution in [1.29, 1.82) is 0 Å². The molecule has 3 rings (SSSR count). The summed E-state index contributed by atoms with van der Waals surface area (Å²) in [6.45, 7) is 1.14. The molecule has 98 valence electrons. The van der Waals surface area contributed by atoms with E-state index >= 15 is 0 Å². The molecule has 1 unspecified atom stereocenters. The number of hydrogen-bond donors (Lipinski definition) is 1. The van der Waals surface area contributed by atoms with Gasteiger partial charge in [0.2, 0.25) is 0 Å². The minimum absolute atomic E-state index is 0.0514. The molecule has 2 aromatic rings. The molecule has 4 heteroatoms. The standard InChI is InChI=1S/C15H14ClFN2/c16-14-6-2-5-12-13(14)9-19(15(12)8-18)11-4-1-3-10(17)7-11/h1-7,15H,8-9,18H2. The third-order valence-electron chi connectivity index (χ3n) is 3.58. The fourth-order valence-corrected chi connectivity index (χ4v) is 2.92. The number of fused-ring (bicyclic) bond motifs is 1. The molecule has 2 aromatic carbocycles. The Morgan fingerprint density at radius 1 is 1.26 bits per heavy atom. The second-order valence-electron chi connectivity index (χ2n) is 4.67. The Hall–Kier alpha value is -1.58. The molecule has 0 amide bonds. The van der Waals surface area contributed by atoms with E-state index < -0.39 is 0 Å². The summed E-state index contributed by atoms with van der Waals surface area (Å²) in [6.07, 6.45) is 0. The van der Waals surface area contributed by atoms with E-state index in [1.54, 1.807) is 6.07 Å². The highest BCUT2D eigenvalue weighted by Crippen LogP contribution is 2.39. The summed E-state index contributed by atoms with van der Waals surface area (Å²) >= 11 is 6.23. The predicted molar refractivity (Wildman–Crippen MR) is 75.8 cm³/mol. The van der Waals surface area contributed by atoms with Crippen LogP contribution < -0.4 is 10.6 Å². The van der Waals surface area contributed by atoms with E-state index in [4.69, 9.17) is 17.3 Å². The van der Waals surface area contributed by atoms with Crippen molar-refractivity contribution in [2.45, 2.75) is 12.6 Å². The van der Waals surface area contributed by atoms with Gasteiger partial charge in [0.1, 0.15) is 5.82 Å². The fraction of sp³-hybridized carbons (Fsp3) is 0.200. The number of hydrogen-bond acceptors (Lipinski definition) is 2. The van der Waals surface area contributed by atoms with Crippen molar-refractivity contribution in [1.82, 2.24) is 0 Å². The van der Waals surface area contributed by atoms with Crippen molar-refractivity contribution in [3.8, 4) is 0 Å². The molecular formula is C15H14ClFN2. The smallest absolute Gasteiger partial charge is 0.125 e. The van der Waals surface area contributed by atoms with E-state index in [-0.39, 0.29) is 11.9 Å². The first kappa shape index (κ1) is 12.5. The monoisotopic (exact) mass is 276 g/mol. The molecule has 0 saturated heterocycles. The third kappa shape index (κ3) is 2.09. The summed E-state index contributed by atoms with van der Waals surface area (Å²) in [5.41, 5.74) is 8.95. The normalized spacial score (nSPS) is 17.6. The van der Waals surface area contributed by atoms with Gasteiger partial charge in [0.05, 0.1) is 6.04 Å². The van der Waals surface area contributed by atoms with Crippen LogP contribution >= 0.6 is 11.6 Å². The summed E-state index contributed by atoms with van der Waals surface area (Å²) in [4.78, 5) is 2.10. The van der Waals surface area contributed by atoms with Crippen LogP contribution in [0.3, 0.4) is 0 Å². The maximum Gasteiger partial charge on any atom is 0.125 e. The number of nitrogens with zero attached hydrogens (tertiary/aromatic N) is 1. The molecule has 19 heavy (non-hydrogen) atoms. The van der Waals surface area contributed by atoms with Crippen molar-refractivity contribution >= 4 is 17.3 Å². The Labute approximate surface area is 116 Å². The Morgan fingerprint density at radius 2 is 2.05 bits per heavy atom. The number of nitrogens with two attached hydrogens (primary N) is 1. The highest BCUT2D eigenvalue weighted by molar-refractivity contribution is 6.31. The number of benzene rings is 2. The Kier molecular flexibility index (Phi) is 3.17. The van der Waals surface area contributed by atoms with Gasteiger partial charge in [0.25, 0.3) is 0 Å². The highest BCUT2D eigenvalue weighted by Gasteiger charge is 2.30. The van der Waals surface area contributed by atoms with Crippen LogP contribution in [-0.4, -0.2) is 6.54 Å². The molecule has 0 fully saturated rings. The second-order valence-corrected chi connectivity index (χ2v) is 5.07. The zero-order valence-corrected chi connectivity index (χ0v) is 11.1. The first-order chi connectivity index (χ1) is 9.20. The minimum Gasteiger partial charge on any atom is -0.359 e. The lowest BCUT2D eigenvalue weighted by atomic mass is 10.1. The lowest BCUT2D eigenvalue weighted by Gasteiger charge is -2.26. The van der Waals surface area contributed by atoms with Gasteiger partial charge in [-0.05, 0) is 35.4 Å². The Morgan fingerprint density at radius 3 is 2.79 bits per heavy atom. The van der Waals surface area contributed by atoms with E-state index in [2.05, 4.69) is 4.90 Å². The van der Waals surface area contributed by atoms with E-state index in [0.29, 0.717) is 13.1 Å². The first-order valence-corrected chi connectivity index (χ1v) is 6.58. The molecule has 2 nitrogen and oxygen atoms in total. The van der Waals surface area contributed by atoms with Gasteiger partial charge < -0.3 is 10.6 Å². The van der Waals surface area contributed by atoms with Crippen LogP contribution in [0.1, 0.15) is 17.2 Å². The van der Waals surface area contributed by atoms with Crippen molar-refractivity contribution in [3.05, 3.63) is 64.4 Å². The quantitative estimate of drug-likeness (QED) is 0.910. The van der Waals surface area contributed by atoms with Crippen LogP contribution in [0.4, 0.5) is 10.1 Å². The van der Waals surface area contributed by atoms with Crippen LogP contribution in [0.15, 0.2) is 42.5 Å². The minimum atomic E-state index is -0.240. The van der Waals surface area contributed by atoms with Crippen LogP contribution in [0.25, 0.3) is 0 Å². The summed E-state index contributed by atoms with van der Waals surface area (Å²) in [5, 5.41) is 0.745. The average Bonchev–Trinajstić information content (AvgIpc) is 2.79. The highest BCUT2D eigenvalue weighted by atomic mass is 35.5. The van der Waals surface area contributed by atoms with Crippen molar-refractivity contribution < 1.29 is 4.39 Å². The summed E-state index contributed by atoms with van der Waals surface area (Å²) < 4.78 is 13.4. The van der Waals surface area contributed by atoms with Gasteiger partial charge in [-0.15, -0.1) is 0 Å². The van der Waals surface area contributed by atoms with Gasteiger partial charge in [-0.3, -0.25) is 0 Å². The van der Waals surface area contributed by atoms with Gasteiger partial charge in [-0.25, -0.2) is 4.39 Å². The number of halogens is 2. The van der Waals surface area contributed by atoms with E-state index in [9.17, 15) is 4.39 Å².